The summed E-state index contributed by atoms with van der Waals surface area (Å²) in [6, 6.07) is 9.06. The lowest BCUT2D eigenvalue weighted by Gasteiger charge is -2.11. The number of aryl methyl sites for hydroxylation is 1. The second-order valence-electron chi connectivity index (χ2n) is 4.28. The quantitative estimate of drug-likeness (QED) is 0.689. The SMILES string of the molecule is COC(=O)c1cc(N)ccc1Oc1ccc(C)cc1F. The largest absolute Gasteiger partial charge is 0.465 e. The second-order valence-corrected chi connectivity index (χ2v) is 4.28. The molecule has 104 valence electrons. The Labute approximate surface area is 115 Å². The zero-order chi connectivity index (χ0) is 14.7. The second kappa shape index (κ2) is 5.61. The minimum absolute atomic E-state index is 0.0329. The van der Waals surface area contributed by atoms with Gasteiger partial charge in [-0.15, -0.1) is 0 Å². The van der Waals surface area contributed by atoms with Crippen molar-refractivity contribution < 1.29 is 18.7 Å². The molecule has 0 aliphatic carbocycles. The third-order valence-corrected chi connectivity index (χ3v) is 2.72. The van der Waals surface area contributed by atoms with Crippen LogP contribution in [0.5, 0.6) is 11.5 Å². The molecular weight excluding hydrogens is 261 g/mol. The van der Waals surface area contributed by atoms with Gasteiger partial charge in [-0.25, -0.2) is 9.18 Å². The van der Waals surface area contributed by atoms with Crippen LogP contribution in [0, 0.1) is 12.7 Å². The molecule has 0 fully saturated rings. The average Bonchev–Trinajstić information content (AvgIpc) is 2.42. The van der Waals surface area contributed by atoms with E-state index < -0.39 is 11.8 Å². The lowest BCUT2D eigenvalue weighted by molar-refractivity contribution is 0.0598. The molecule has 2 N–H and O–H groups in total. The van der Waals surface area contributed by atoms with E-state index in [1.165, 1.54) is 31.4 Å². The van der Waals surface area contributed by atoms with Gasteiger partial charge in [0.2, 0.25) is 0 Å². The number of ether oxygens (including phenoxy) is 2. The number of carbonyl (C=O) groups excluding carboxylic acids is 1. The summed E-state index contributed by atoms with van der Waals surface area (Å²) in [7, 11) is 1.25. The minimum atomic E-state index is -0.597. The Balaban J connectivity index is 2.40. The third-order valence-electron chi connectivity index (χ3n) is 2.72. The highest BCUT2D eigenvalue weighted by molar-refractivity contribution is 5.93. The maximum atomic E-state index is 13.8. The highest BCUT2D eigenvalue weighted by atomic mass is 19.1. The van der Waals surface area contributed by atoms with Crippen molar-refractivity contribution in [2.75, 3.05) is 12.8 Å². The van der Waals surface area contributed by atoms with Crippen molar-refractivity contribution in [3.63, 3.8) is 0 Å². The molecule has 0 spiro atoms. The van der Waals surface area contributed by atoms with Crippen molar-refractivity contribution in [1.29, 1.82) is 0 Å². The van der Waals surface area contributed by atoms with Gasteiger partial charge in [0, 0.05) is 5.69 Å². The molecule has 0 heterocycles. The lowest BCUT2D eigenvalue weighted by Crippen LogP contribution is -2.05. The molecule has 5 heteroatoms. The fraction of sp³-hybridized carbons (Fsp3) is 0.133. The topological polar surface area (TPSA) is 61.5 Å². The summed E-state index contributed by atoms with van der Waals surface area (Å²) in [6.45, 7) is 1.77. The number of benzene rings is 2. The fourth-order valence-electron chi connectivity index (χ4n) is 1.71. The Kier molecular flexibility index (Phi) is 3.89. The van der Waals surface area contributed by atoms with Gasteiger partial charge >= 0.3 is 5.97 Å². The summed E-state index contributed by atoms with van der Waals surface area (Å²) in [6.07, 6.45) is 0. The zero-order valence-corrected chi connectivity index (χ0v) is 11.1. The Morgan fingerprint density at radius 1 is 1.15 bits per heavy atom. The number of anilines is 1. The van der Waals surface area contributed by atoms with Gasteiger partial charge in [-0.1, -0.05) is 6.07 Å². The van der Waals surface area contributed by atoms with Gasteiger partial charge < -0.3 is 15.2 Å². The van der Waals surface area contributed by atoms with E-state index in [0.29, 0.717) is 5.69 Å². The number of carbonyl (C=O) groups is 1. The fourth-order valence-corrected chi connectivity index (χ4v) is 1.71. The zero-order valence-electron chi connectivity index (χ0n) is 11.1. The molecule has 4 nitrogen and oxygen atoms in total. The lowest BCUT2D eigenvalue weighted by atomic mass is 10.1. The number of hydrogen-bond donors (Lipinski definition) is 1. The Bertz CT molecular complexity index is 656. The molecule has 2 rings (SSSR count). The van der Waals surface area contributed by atoms with Gasteiger partial charge in [-0.2, -0.15) is 0 Å². The van der Waals surface area contributed by atoms with E-state index in [0.717, 1.165) is 5.56 Å². The van der Waals surface area contributed by atoms with Gasteiger partial charge in [0.05, 0.1) is 7.11 Å². The molecule has 0 bridgehead atoms. The molecule has 2 aromatic rings. The average molecular weight is 275 g/mol. The first kappa shape index (κ1) is 13.9. The predicted molar refractivity (Wildman–Crippen MR) is 73.4 cm³/mol. The molecule has 0 unspecified atom stereocenters. The van der Waals surface area contributed by atoms with Crippen molar-refractivity contribution in [3.05, 3.63) is 53.3 Å². The van der Waals surface area contributed by atoms with Crippen molar-refractivity contribution in [1.82, 2.24) is 0 Å². The van der Waals surface area contributed by atoms with Crippen LogP contribution >= 0.6 is 0 Å². The van der Waals surface area contributed by atoms with Crippen molar-refractivity contribution in [2.24, 2.45) is 0 Å². The number of halogens is 1. The number of nitrogens with two attached hydrogens (primary N) is 1. The number of nitrogen functional groups attached to an aromatic ring is 1. The summed E-state index contributed by atoms with van der Waals surface area (Å²) in [4.78, 5) is 11.7. The first-order chi connectivity index (χ1) is 9.51. The van der Waals surface area contributed by atoms with Crippen LogP contribution in [0.15, 0.2) is 36.4 Å². The maximum Gasteiger partial charge on any atom is 0.341 e. The first-order valence-corrected chi connectivity index (χ1v) is 5.93. The molecule has 0 saturated heterocycles. The molecule has 0 atom stereocenters. The monoisotopic (exact) mass is 275 g/mol. The van der Waals surface area contributed by atoms with E-state index in [1.807, 2.05) is 0 Å². The Hall–Kier alpha value is -2.56. The maximum absolute atomic E-state index is 13.8. The molecular formula is C15H14FNO3. The van der Waals surface area contributed by atoms with Crippen LogP contribution in [-0.2, 0) is 4.74 Å². The van der Waals surface area contributed by atoms with E-state index in [2.05, 4.69) is 4.74 Å². The van der Waals surface area contributed by atoms with E-state index in [-0.39, 0.29) is 17.1 Å². The molecule has 2 aromatic carbocycles. The third kappa shape index (κ3) is 2.88. The molecule has 0 aromatic heterocycles. The molecule has 20 heavy (non-hydrogen) atoms. The van der Waals surface area contributed by atoms with Crippen LogP contribution in [0.3, 0.4) is 0 Å². The minimum Gasteiger partial charge on any atom is -0.465 e. The smallest absolute Gasteiger partial charge is 0.341 e. The molecule has 0 aliphatic heterocycles. The van der Waals surface area contributed by atoms with Crippen LogP contribution < -0.4 is 10.5 Å². The van der Waals surface area contributed by atoms with Crippen LogP contribution in [0.2, 0.25) is 0 Å². The van der Waals surface area contributed by atoms with Crippen LogP contribution in [0.1, 0.15) is 15.9 Å². The summed E-state index contributed by atoms with van der Waals surface area (Å²) in [5.41, 5.74) is 6.94. The van der Waals surface area contributed by atoms with Crippen molar-refractivity contribution >= 4 is 11.7 Å². The highest BCUT2D eigenvalue weighted by Crippen LogP contribution is 2.29. The number of esters is 1. The van der Waals surface area contributed by atoms with Crippen LogP contribution in [0.4, 0.5) is 10.1 Å². The predicted octanol–water partition coefficient (Wildman–Crippen LogP) is 3.30. The molecule has 0 amide bonds. The number of hydrogen-bond acceptors (Lipinski definition) is 4. The van der Waals surface area contributed by atoms with E-state index in [1.54, 1.807) is 19.1 Å². The summed E-state index contributed by atoms with van der Waals surface area (Å²) in [5.74, 6) is -0.878. The Morgan fingerprint density at radius 3 is 2.50 bits per heavy atom. The van der Waals surface area contributed by atoms with Crippen molar-refractivity contribution in [2.45, 2.75) is 6.92 Å². The normalized spacial score (nSPS) is 10.2. The first-order valence-electron chi connectivity index (χ1n) is 5.93. The highest BCUT2D eigenvalue weighted by Gasteiger charge is 2.15. The molecule has 0 saturated carbocycles. The van der Waals surface area contributed by atoms with E-state index in [9.17, 15) is 9.18 Å². The summed E-state index contributed by atoms with van der Waals surface area (Å²) < 4.78 is 23.9. The summed E-state index contributed by atoms with van der Waals surface area (Å²) in [5, 5.41) is 0. The van der Waals surface area contributed by atoms with Gasteiger partial charge in [0.15, 0.2) is 11.6 Å². The van der Waals surface area contributed by atoms with E-state index >= 15 is 0 Å². The number of methoxy groups -OCH3 is 1. The van der Waals surface area contributed by atoms with Gasteiger partial charge in [-0.3, -0.25) is 0 Å². The van der Waals surface area contributed by atoms with Crippen LogP contribution in [0.25, 0.3) is 0 Å². The van der Waals surface area contributed by atoms with Crippen molar-refractivity contribution in [3.8, 4) is 11.5 Å². The molecule has 0 radical (unpaired) electrons. The molecule has 0 aliphatic rings. The standard InChI is InChI=1S/C15H14FNO3/c1-9-3-5-14(12(16)7-9)20-13-6-4-10(17)8-11(13)15(18)19-2/h3-8H,17H2,1-2H3. The van der Waals surface area contributed by atoms with Gasteiger partial charge in [0.25, 0.3) is 0 Å². The van der Waals surface area contributed by atoms with Gasteiger partial charge in [-0.05, 0) is 42.8 Å². The van der Waals surface area contributed by atoms with Crippen LogP contribution in [-0.4, -0.2) is 13.1 Å². The number of rotatable bonds is 3. The summed E-state index contributed by atoms with van der Waals surface area (Å²) >= 11 is 0. The van der Waals surface area contributed by atoms with E-state index in [4.69, 9.17) is 10.5 Å². The Morgan fingerprint density at radius 2 is 1.85 bits per heavy atom. The van der Waals surface area contributed by atoms with Gasteiger partial charge in [0.1, 0.15) is 11.3 Å².